The van der Waals surface area contributed by atoms with Crippen molar-refractivity contribution in [2.45, 2.75) is 52.4 Å². The van der Waals surface area contributed by atoms with Gasteiger partial charge in [0.2, 0.25) is 0 Å². The van der Waals surface area contributed by atoms with Crippen LogP contribution in [0.1, 0.15) is 52.7 Å². The standard InChI is InChI=1S/C62H54N4O/c1-61(2,3)45-32-35-55-52(36-45)51-34-33-48(38-58(51)66(55)59-39-54(62(4,5)6)53(40-63-59)44-24-14-9-15-25-44)67-47-27-18-26-46(37-47)64-41-65(57-31-17-16-30-56(57)64)60-49(42-20-10-7-11-21-42)28-19-29-50(60)43-22-12-8-13-23-43/h7-40H,41H2,1-6H3. The smallest absolute Gasteiger partial charge is 0.137 e. The molecule has 5 nitrogen and oxygen atoms in total. The quantitative estimate of drug-likeness (QED) is 0.152. The molecule has 8 aromatic carbocycles. The van der Waals surface area contributed by atoms with E-state index in [1.165, 1.54) is 50.0 Å². The van der Waals surface area contributed by atoms with E-state index < -0.39 is 0 Å². The molecule has 0 bridgehead atoms. The van der Waals surface area contributed by atoms with E-state index in [1.54, 1.807) is 0 Å². The van der Waals surface area contributed by atoms with Gasteiger partial charge in [0.15, 0.2) is 0 Å². The largest absolute Gasteiger partial charge is 0.457 e. The topological polar surface area (TPSA) is 33.5 Å². The van der Waals surface area contributed by atoms with Crippen molar-refractivity contribution in [2.75, 3.05) is 16.5 Å². The molecule has 3 heterocycles. The van der Waals surface area contributed by atoms with Gasteiger partial charge in [0.1, 0.15) is 24.0 Å². The van der Waals surface area contributed by atoms with Crippen molar-refractivity contribution in [1.82, 2.24) is 9.55 Å². The second-order valence-electron chi connectivity index (χ2n) is 19.7. The Morgan fingerprint density at radius 2 is 1.03 bits per heavy atom. The lowest BCUT2D eigenvalue weighted by Crippen LogP contribution is -2.24. The predicted octanol–water partition coefficient (Wildman–Crippen LogP) is 16.8. The lowest BCUT2D eigenvalue weighted by atomic mass is 9.82. The van der Waals surface area contributed by atoms with Gasteiger partial charge < -0.3 is 14.5 Å². The molecule has 0 fully saturated rings. The molecule has 10 aromatic rings. The number of pyridine rings is 1. The molecule has 11 rings (SSSR count). The maximum Gasteiger partial charge on any atom is 0.137 e. The molecule has 5 heteroatoms. The molecule has 0 amide bonds. The number of ether oxygens (including phenoxy) is 1. The first-order valence-electron chi connectivity index (χ1n) is 23.3. The van der Waals surface area contributed by atoms with E-state index in [0.29, 0.717) is 6.67 Å². The highest BCUT2D eigenvalue weighted by Gasteiger charge is 2.32. The summed E-state index contributed by atoms with van der Waals surface area (Å²) >= 11 is 0. The van der Waals surface area contributed by atoms with Gasteiger partial charge in [0.05, 0.1) is 28.1 Å². The molecule has 1 aliphatic heterocycles. The fourth-order valence-electron chi connectivity index (χ4n) is 9.83. The van der Waals surface area contributed by atoms with Gasteiger partial charge >= 0.3 is 0 Å². The average molecular weight is 871 g/mol. The molecule has 0 unspecified atom stereocenters. The lowest BCUT2D eigenvalue weighted by molar-refractivity contribution is 0.483. The molecule has 0 atom stereocenters. The molecule has 0 radical (unpaired) electrons. The minimum atomic E-state index is -0.122. The molecule has 2 aromatic heterocycles. The number of nitrogens with zero attached hydrogens (tertiary/aromatic N) is 4. The summed E-state index contributed by atoms with van der Waals surface area (Å²) in [6.45, 7) is 14.3. The molecule has 0 N–H and O–H groups in total. The summed E-state index contributed by atoms with van der Waals surface area (Å²) in [4.78, 5) is 10.1. The zero-order valence-corrected chi connectivity index (χ0v) is 39.0. The van der Waals surface area contributed by atoms with Crippen LogP contribution in [0.3, 0.4) is 0 Å². The van der Waals surface area contributed by atoms with Gasteiger partial charge in [-0.2, -0.15) is 0 Å². The Bertz CT molecular complexity index is 3380. The number of para-hydroxylation sites is 3. The van der Waals surface area contributed by atoms with Crippen LogP contribution in [0.4, 0.5) is 22.7 Å². The summed E-state index contributed by atoms with van der Waals surface area (Å²) in [7, 11) is 0. The van der Waals surface area contributed by atoms with Gasteiger partial charge in [-0.15, -0.1) is 0 Å². The zero-order valence-electron chi connectivity index (χ0n) is 39.0. The van der Waals surface area contributed by atoms with E-state index in [4.69, 9.17) is 9.72 Å². The SMILES string of the molecule is CC(C)(C)c1ccc2c(c1)c1ccc(Oc3cccc(N4CN(c5c(-c6ccccc6)cccc5-c5ccccc5)c5ccccc54)c3)cc1n2-c1cc(C(C)(C)C)c(-c2ccccc2)cn1. The first kappa shape index (κ1) is 41.8. The van der Waals surface area contributed by atoms with Crippen LogP contribution in [0.25, 0.3) is 61.0 Å². The summed E-state index contributed by atoms with van der Waals surface area (Å²) in [5.41, 5.74) is 16.2. The third-order valence-electron chi connectivity index (χ3n) is 13.2. The van der Waals surface area contributed by atoms with E-state index in [9.17, 15) is 0 Å². The van der Waals surface area contributed by atoms with Gasteiger partial charge in [0.25, 0.3) is 0 Å². The number of fused-ring (bicyclic) bond motifs is 4. The number of rotatable bonds is 8. The van der Waals surface area contributed by atoms with Crippen LogP contribution in [-0.2, 0) is 10.8 Å². The van der Waals surface area contributed by atoms with Crippen LogP contribution in [0, 0.1) is 0 Å². The zero-order chi connectivity index (χ0) is 45.9. The van der Waals surface area contributed by atoms with Crippen molar-refractivity contribution in [1.29, 1.82) is 0 Å². The molecular weight excluding hydrogens is 817 g/mol. The highest BCUT2D eigenvalue weighted by Crippen LogP contribution is 2.50. The Morgan fingerprint density at radius 1 is 0.448 bits per heavy atom. The maximum absolute atomic E-state index is 6.89. The van der Waals surface area contributed by atoms with Gasteiger partial charge in [-0.3, -0.25) is 4.57 Å². The van der Waals surface area contributed by atoms with Gasteiger partial charge in [0, 0.05) is 51.5 Å². The average Bonchev–Trinajstić information content (AvgIpc) is 3.89. The van der Waals surface area contributed by atoms with E-state index in [1.807, 2.05) is 0 Å². The number of aromatic nitrogens is 2. The third-order valence-corrected chi connectivity index (χ3v) is 13.2. The van der Waals surface area contributed by atoms with Crippen LogP contribution in [0.2, 0.25) is 0 Å². The molecule has 1 aliphatic rings. The van der Waals surface area contributed by atoms with Crippen molar-refractivity contribution in [3.8, 4) is 50.7 Å². The van der Waals surface area contributed by atoms with Crippen LogP contribution in [0.5, 0.6) is 11.5 Å². The fourth-order valence-corrected chi connectivity index (χ4v) is 9.83. The Hall–Kier alpha value is -7.89. The molecule has 0 saturated heterocycles. The van der Waals surface area contributed by atoms with Gasteiger partial charge in [-0.05, 0) is 93.2 Å². The summed E-state index contributed by atoms with van der Waals surface area (Å²) in [6.07, 6.45) is 2.05. The molecule has 0 spiro atoms. The summed E-state index contributed by atoms with van der Waals surface area (Å²) in [5, 5.41) is 2.36. The second kappa shape index (κ2) is 16.5. The number of hydrogen-bond donors (Lipinski definition) is 0. The molecule has 0 aliphatic carbocycles. The second-order valence-corrected chi connectivity index (χ2v) is 19.7. The van der Waals surface area contributed by atoms with Crippen LogP contribution < -0.4 is 14.5 Å². The third kappa shape index (κ3) is 7.70. The van der Waals surface area contributed by atoms with E-state index in [2.05, 4.69) is 262 Å². The number of anilines is 4. The van der Waals surface area contributed by atoms with Crippen molar-refractivity contribution in [2.24, 2.45) is 0 Å². The van der Waals surface area contributed by atoms with Crippen LogP contribution in [-0.4, -0.2) is 16.2 Å². The molecule has 0 saturated carbocycles. The van der Waals surface area contributed by atoms with Crippen LogP contribution in [0.15, 0.2) is 206 Å². The summed E-state index contributed by atoms with van der Waals surface area (Å²) in [6, 6.07) is 71.6. The highest BCUT2D eigenvalue weighted by atomic mass is 16.5. The van der Waals surface area contributed by atoms with Crippen molar-refractivity contribution >= 4 is 44.6 Å². The van der Waals surface area contributed by atoms with Crippen LogP contribution >= 0.6 is 0 Å². The molecule has 328 valence electrons. The Kier molecular flexibility index (Phi) is 10.3. The van der Waals surface area contributed by atoms with E-state index >= 15 is 0 Å². The molecule has 67 heavy (non-hydrogen) atoms. The number of hydrogen-bond acceptors (Lipinski definition) is 4. The predicted molar refractivity (Wildman–Crippen MR) is 281 cm³/mol. The molecular formula is C62H54N4O. The van der Waals surface area contributed by atoms with Gasteiger partial charge in [-0.1, -0.05) is 175 Å². The van der Waals surface area contributed by atoms with Crippen molar-refractivity contribution in [3.05, 3.63) is 218 Å². The minimum absolute atomic E-state index is 0.00594. The van der Waals surface area contributed by atoms with E-state index in [-0.39, 0.29) is 10.8 Å². The Balaban J connectivity index is 0.993. The Morgan fingerprint density at radius 3 is 1.66 bits per heavy atom. The first-order valence-corrected chi connectivity index (χ1v) is 23.3. The van der Waals surface area contributed by atoms with Crippen molar-refractivity contribution in [3.63, 3.8) is 0 Å². The lowest BCUT2D eigenvalue weighted by Gasteiger charge is -2.27. The van der Waals surface area contributed by atoms with E-state index in [0.717, 1.165) is 56.4 Å². The van der Waals surface area contributed by atoms with Gasteiger partial charge in [-0.25, -0.2) is 4.98 Å². The first-order chi connectivity index (χ1) is 32.5. The maximum atomic E-state index is 6.89. The van der Waals surface area contributed by atoms with Crippen molar-refractivity contribution < 1.29 is 4.74 Å². The Labute approximate surface area is 394 Å². The monoisotopic (exact) mass is 870 g/mol. The fraction of sp³-hybridized carbons (Fsp3) is 0.145. The number of benzene rings is 8. The normalized spacial score (nSPS) is 12.8. The summed E-state index contributed by atoms with van der Waals surface area (Å²) < 4.78 is 9.20. The highest BCUT2D eigenvalue weighted by molar-refractivity contribution is 6.10. The minimum Gasteiger partial charge on any atom is -0.457 e. The summed E-state index contributed by atoms with van der Waals surface area (Å²) in [5.74, 6) is 2.41.